The summed E-state index contributed by atoms with van der Waals surface area (Å²) in [5.74, 6) is 0. The van der Waals surface area contributed by atoms with Gasteiger partial charge in [0.25, 0.3) is 0 Å². The number of hydrogen-bond donors (Lipinski definition) is 0. The van der Waals surface area contributed by atoms with Crippen molar-refractivity contribution in [2.24, 2.45) is 0 Å². The molecule has 1 aliphatic carbocycles. The second-order valence-corrected chi connectivity index (χ2v) is 15.8. The maximum atomic E-state index is 4.83. The van der Waals surface area contributed by atoms with Crippen LogP contribution in [-0.2, 0) is 5.41 Å². The van der Waals surface area contributed by atoms with Crippen LogP contribution in [0.5, 0.6) is 0 Å². The third-order valence-corrected chi connectivity index (χ3v) is 12.8. The molecule has 0 spiro atoms. The summed E-state index contributed by atoms with van der Waals surface area (Å²) in [4.78, 5) is 9.59. The Morgan fingerprint density at radius 2 is 1.15 bits per heavy atom. The van der Waals surface area contributed by atoms with Crippen LogP contribution in [-0.4, -0.2) is 9.97 Å². The molecule has 0 saturated heterocycles. The Bertz CT molecular complexity index is 3180. The summed E-state index contributed by atoms with van der Waals surface area (Å²) in [6, 6.07) is 53.7. The van der Waals surface area contributed by atoms with Crippen LogP contribution < -0.4 is 0 Å². The number of rotatable bonds is 4. The number of thiophene rings is 1. The van der Waals surface area contributed by atoms with E-state index in [1.54, 1.807) is 12.4 Å². The Balaban J connectivity index is 1.01. The first kappa shape index (κ1) is 31.1. The zero-order valence-corrected chi connectivity index (χ0v) is 30.6. The van der Waals surface area contributed by atoms with Gasteiger partial charge >= 0.3 is 0 Å². The first-order chi connectivity index (χ1) is 26.6. The second kappa shape index (κ2) is 12.1. The van der Waals surface area contributed by atoms with E-state index in [9.17, 15) is 0 Å². The summed E-state index contributed by atoms with van der Waals surface area (Å²) in [5.41, 5.74) is 10.5. The second-order valence-electron chi connectivity index (χ2n) is 14.8. The standard InChI is InChI=1S/C51H34N2S/c1-51(26-10-12-34(31-51)32-24-25-41-39-14-2-3-16-43(39)48-49(46(41)30-32)53-28-27-52-48)35-13-6-11-33(29-35)36-17-7-19-38-37(36)18-8-20-40(38)44-21-9-22-45-42-15-4-5-23-47(42)54-50(44)45/h2-25,27-31H,26H2,1H3. The van der Waals surface area contributed by atoms with Crippen molar-refractivity contribution in [1.29, 1.82) is 0 Å². The molecule has 0 aliphatic heterocycles. The third kappa shape index (κ3) is 4.79. The topological polar surface area (TPSA) is 25.8 Å². The molecule has 1 unspecified atom stereocenters. The van der Waals surface area contributed by atoms with Crippen molar-refractivity contribution in [3.05, 3.63) is 187 Å². The molecule has 0 amide bonds. The SMILES string of the molecule is CC1(c2cccc(-c3cccc4c(-c5cccc6c5sc5ccccc56)cccc34)c2)C=C(c2ccc3c4ccccc4c4nccnc4c3c2)C=CC1. The number of benzene rings is 8. The first-order valence-corrected chi connectivity index (χ1v) is 19.4. The molecule has 2 heterocycles. The predicted octanol–water partition coefficient (Wildman–Crippen LogP) is 14.1. The van der Waals surface area contributed by atoms with Crippen LogP contribution in [0.25, 0.3) is 91.3 Å². The minimum Gasteiger partial charge on any atom is -0.252 e. The lowest BCUT2D eigenvalue weighted by molar-refractivity contribution is 0.602. The van der Waals surface area contributed by atoms with Crippen molar-refractivity contribution < 1.29 is 0 Å². The van der Waals surface area contributed by atoms with Gasteiger partial charge in [0.1, 0.15) is 0 Å². The average molecular weight is 707 g/mol. The van der Waals surface area contributed by atoms with Gasteiger partial charge in [-0.15, -0.1) is 11.3 Å². The van der Waals surface area contributed by atoms with Gasteiger partial charge in [0.15, 0.2) is 0 Å². The number of fused-ring (bicyclic) bond motifs is 10. The van der Waals surface area contributed by atoms with E-state index in [2.05, 4.69) is 171 Å². The Kier molecular flexibility index (Phi) is 6.95. The van der Waals surface area contributed by atoms with Gasteiger partial charge in [-0.2, -0.15) is 0 Å². The molecule has 0 N–H and O–H groups in total. The van der Waals surface area contributed by atoms with E-state index >= 15 is 0 Å². The van der Waals surface area contributed by atoms with Crippen molar-refractivity contribution in [3.8, 4) is 22.3 Å². The molecule has 54 heavy (non-hydrogen) atoms. The molecule has 11 rings (SSSR count). The Labute approximate surface area is 317 Å². The van der Waals surface area contributed by atoms with Gasteiger partial charge in [-0.1, -0.05) is 159 Å². The highest BCUT2D eigenvalue weighted by Crippen LogP contribution is 2.44. The van der Waals surface area contributed by atoms with Crippen LogP contribution in [0.1, 0.15) is 24.5 Å². The highest BCUT2D eigenvalue weighted by Gasteiger charge is 2.27. The molecule has 2 aromatic heterocycles. The number of aromatic nitrogens is 2. The monoisotopic (exact) mass is 706 g/mol. The van der Waals surface area contributed by atoms with Gasteiger partial charge in [0.2, 0.25) is 0 Å². The minimum atomic E-state index is -0.174. The van der Waals surface area contributed by atoms with Crippen molar-refractivity contribution in [2.75, 3.05) is 0 Å². The fourth-order valence-electron chi connectivity index (χ4n) is 8.87. The molecule has 2 nitrogen and oxygen atoms in total. The summed E-state index contributed by atoms with van der Waals surface area (Å²) in [5, 5.41) is 9.90. The Morgan fingerprint density at radius 1 is 0.500 bits per heavy atom. The molecule has 8 aromatic carbocycles. The van der Waals surface area contributed by atoms with E-state index in [1.807, 2.05) is 11.3 Å². The van der Waals surface area contributed by atoms with Crippen molar-refractivity contribution in [3.63, 3.8) is 0 Å². The van der Waals surface area contributed by atoms with Crippen LogP contribution in [0.3, 0.4) is 0 Å². The summed E-state index contributed by atoms with van der Waals surface area (Å²) in [6.45, 7) is 2.37. The highest BCUT2D eigenvalue weighted by molar-refractivity contribution is 7.26. The molecule has 0 saturated carbocycles. The molecule has 10 aromatic rings. The quantitative estimate of drug-likeness (QED) is 0.170. The molecule has 0 fully saturated rings. The maximum Gasteiger partial charge on any atom is 0.0971 e. The van der Waals surface area contributed by atoms with Gasteiger partial charge in [0, 0.05) is 54.3 Å². The molecule has 0 bridgehead atoms. The summed E-state index contributed by atoms with van der Waals surface area (Å²) >= 11 is 1.89. The molecule has 3 heteroatoms. The van der Waals surface area contributed by atoms with E-state index in [-0.39, 0.29) is 5.41 Å². The fraction of sp³-hybridized carbons (Fsp3) is 0.0588. The molecule has 254 valence electrons. The summed E-state index contributed by atoms with van der Waals surface area (Å²) in [6.07, 6.45) is 11.6. The zero-order chi connectivity index (χ0) is 35.8. The van der Waals surface area contributed by atoms with E-state index < -0.39 is 0 Å². The lowest BCUT2D eigenvalue weighted by atomic mass is 9.74. The molecule has 0 radical (unpaired) electrons. The molecular weight excluding hydrogens is 673 g/mol. The third-order valence-electron chi connectivity index (χ3n) is 11.5. The van der Waals surface area contributed by atoms with Gasteiger partial charge in [0.05, 0.1) is 11.0 Å². The van der Waals surface area contributed by atoms with Crippen molar-refractivity contribution in [1.82, 2.24) is 9.97 Å². The summed E-state index contributed by atoms with van der Waals surface area (Å²) < 4.78 is 2.68. The highest BCUT2D eigenvalue weighted by atomic mass is 32.1. The van der Waals surface area contributed by atoms with Gasteiger partial charge in [-0.3, -0.25) is 9.97 Å². The van der Waals surface area contributed by atoms with Crippen molar-refractivity contribution in [2.45, 2.75) is 18.8 Å². The Morgan fingerprint density at radius 3 is 2.00 bits per heavy atom. The van der Waals surface area contributed by atoms with Gasteiger partial charge in [-0.25, -0.2) is 0 Å². The fourth-order valence-corrected chi connectivity index (χ4v) is 10.1. The van der Waals surface area contributed by atoms with Crippen molar-refractivity contribution >= 4 is 80.4 Å². The lowest BCUT2D eigenvalue weighted by Gasteiger charge is -2.30. The largest absolute Gasteiger partial charge is 0.252 e. The average Bonchev–Trinajstić information content (AvgIpc) is 3.62. The van der Waals surface area contributed by atoms with Crippen LogP contribution in [0, 0.1) is 0 Å². The Hall–Kier alpha value is -6.42. The van der Waals surface area contributed by atoms with E-state index in [4.69, 9.17) is 9.97 Å². The predicted molar refractivity (Wildman–Crippen MR) is 231 cm³/mol. The van der Waals surface area contributed by atoms with E-state index in [0.29, 0.717) is 0 Å². The molecule has 1 aliphatic rings. The number of allylic oxidation sites excluding steroid dienone is 4. The maximum absolute atomic E-state index is 4.83. The molecular formula is C51H34N2S. The van der Waals surface area contributed by atoms with E-state index in [1.165, 1.54) is 80.7 Å². The zero-order valence-electron chi connectivity index (χ0n) is 29.8. The minimum absolute atomic E-state index is 0.174. The van der Waals surface area contributed by atoms with Crippen LogP contribution >= 0.6 is 11.3 Å². The number of hydrogen-bond acceptors (Lipinski definition) is 3. The van der Waals surface area contributed by atoms with Crippen LogP contribution in [0.2, 0.25) is 0 Å². The van der Waals surface area contributed by atoms with Crippen LogP contribution in [0.15, 0.2) is 176 Å². The van der Waals surface area contributed by atoms with Gasteiger partial charge < -0.3 is 0 Å². The summed E-state index contributed by atoms with van der Waals surface area (Å²) in [7, 11) is 0. The number of nitrogens with zero attached hydrogens (tertiary/aromatic N) is 2. The normalized spacial score (nSPS) is 15.9. The van der Waals surface area contributed by atoms with Gasteiger partial charge in [-0.05, 0) is 73.5 Å². The molecule has 1 atom stereocenters. The lowest BCUT2D eigenvalue weighted by Crippen LogP contribution is -2.20. The van der Waals surface area contributed by atoms with E-state index in [0.717, 1.165) is 28.2 Å². The first-order valence-electron chi connectivity index (χ1n) is 18.6. The van der Waals surface area contributed by atoms with Crippen LogP contribution in [0.4, 0.5) is 0 Å². The smallest absolute Gasteiger partial charge is 0.0971 e.